The van der Waals surface area contributed by atoms with Crippen LogP contribution in [0.2, 0.25) is 0 Å². The van der Waals surface area contributed by atoms with Gasteiger partial charge in [-0.25, -0.2) is 0 Å². The van der Waals surface area contributed by atoms with Crippen LogP contribution in [0.5, 0.6) is 0 Å². The summed E-state index contributed by atoms with van der Waals surface area (Å²) in [6.45, 7) is 7.18. The smallest absolute Gasteiger partial charge is 0.136 e. The number of allylic oxidation sites excluding steroid dienone is 4. The van der Waals surface area contributed by atoms with E-state index in [1.54, 1.807) is 6.08 Å². The molecule has 1 aliphatic heterocycles. The lowest BCUT2D eigenvalue weighted by molar-refractivity contribution is -0.121. The van der Waals surface area contributed by atoms with Crippen LogP contribution in [0.3, 0.4) is 0 Å². The normalized spacial score (nSPS) is 19.3. The SMILES string of the molecule is C=C/C(=C\C=C(/C)N)N1CCC(=O)CC1. The summed E-state index contributed by atoms with van der Waals surface area (Å²) in [4.78, 5) is 13.2. The van der Waals surface area contributed by atoms with Gasteiger partial charge in [0.05, 0.1) is 0 Å². The van der Waals surface area contributed by atoms with E-state index in [4.69, 9.17) is 5.73 Å². The van der Waals surface area contributed by atoms with Crippen LogP contribution < -0.4 is 5.73 Å². The van der Waals surface area contributed by atoms with Gasteiger partial charge in [-0.05, 0) is 25.2 Å². The summed E-state index contributed by atoms with van der Waals surface area (Å²) in [6, 6.07) is 0. The van der Waals surface area contributed by atoms with Crippen molar-refractivity contribution in [3.63, 3.8) is 0 Å². The number of nitrogens with zero attached hydrogens (tertiary/aromatic N) is 1. The molecule has 0 amide bonds. The summed E-state index contributed by atoms with van der Waals surface area (Å²) in [5.74, 6) is 0.347. The minimum atomic E-state index is 0.347. The number of hydrogen-bond acceptors (Lipinski definition) is 3. The lowest BCUT2D eigenvalue weighted by atomic mass is 10.1. The van der Waals surface area contributed by atoms with Crippen LogP contribution in [0.25, 0.3) is 0 Å². The molecule has 0 bridgehead atoms. The van der Waals surface area contributed by atoms with E-state index < -0.39 is 0 Å². The third kappa shape index (κ3) is 3.62. The van der Waals surface area contributed by atoms with Crippen molar-refractivity contribution in [2.45, 2.75) is 19.8 Å². The van der Waals surface area contributed by atoms with E-state index >= 15 is 0 Å². The van der Waals surface area contributed by atoms with E-state index in [2.05, 4.69) is 11.5 Å². The molecule has 1 fully saturated rings. The van der Waals surface area contributed by atoms with E-state index in [9.17, 15) is 4.79 Å². The van der Waals surface area contributed by atoms with Gasteiger partial charge in [0.15, 0.2) is 0 Å². The van der Waals surface area contributed by atoms with Crippen molar-refractivity contribution in [2.75, 3.05) is 13.1 Å². The first-order chi connectivity index (χ1) is 7.13. The lowest BCUT2D eigenvalue weighted by Crippen LogP contribution is -2.32. The Kier molecular flexibility index (Phi) is 4.16. The van der Waals surface area contributed by atoms with E-state index in [0.29, 0.717) is 18.6 Å². The Bertz CT molecular complexity index is 302. The molecular formula is C12H18N2O. The molecule has 1 saturated heterocycles. The van der Waals surface area contributed by atoms with Crippen molar-refractivity contribution >= 4 is 5.78 Å². The topological polar surface area (TPSA) is 46.3 Å². The highest BCUT2D eigenvalue weighted by molar-refractivity contribution is 5.79. The maximum atomic E-state index is 11.1. The number of ketones is 1. The van der Waals surface area contributed by atoms with Crippen LogP contribution in [0.15, 0.2) is 36.2 Å². The Hall–Kier alpha value is -1.51. The molecule has 2 N–H and O–H groups in total. The third-order valence-corrected chi connectivity index (χ3v) is 2.41. The zero-order chi connectivity index (χ0) is 11.3. The average molecular weight is 206 g/mol. The van der Waals surface area contributed by atoms with Crippen molar-refractivity contribution in [1.29, 1.82) is 0 Å². The maximum Gasteiger partial charge on any atom is 0.136 e. The van der Waals surface area contributed by atoms with Gasteiger partial charge in [-0.1, -0.05) is 6.58 Å². The first kappa shape index (κ1) is 11.6. The van der Waals surface area contributed by atoms with Crippen molar-refractivity contribution in [1.82, 2.24) is 4.90 Å². The second-order valence-corrected chi connectivity index (χ2v) is 3.73. The van der Waals surface area contributed by atoms with Crippen molar-refractivity contribution in [2.24, 2.45) is 5.73 Å². The zero-order valence-electron chi connectivity index (χ0n) is 9.20. The lowest BCUT2D eigenvalue weighted by Gasteiger charge is -2.28. The fraction of sp³-hybridized carbons (Fsp3) is 0.417. The predicted molar refractivity (Wildman–Crippen MR) is 62.0 cm³/mol. The molecule has 3 nitrogen and oxygen atoms in total. The molecule has 0 aromatic rings. The number of Topliss-reactive ketones (excluding diaryl/α,β-unsaturated/α-hetero) is 1. The molecule has 1 rings (SSSR count). The van der Waals surface area contributed by atoms with Gasteiger partial charge >= 0.3 is 0 Å². The van der Waals surface area contributed by atoms with Gasteiger partial charge < -0.3 is 10.6 Å². The molecule has 0 saturated carbocycles. The molecule has 3 heteroatoms. The second kappa shape index (κ2) is 5.39. The van der Waals surface area contributed by atoms with Crippen molar-refractivity contribution < 1.29 is 4.79 Å². The Morgan fingerprint density at radius 1 is 1.40 bits per heavy atom. The number of nitrogens with two attached hydrogens (primary N) is 1. The monoisotopic (exact) mass is 206 g/mol. The van der Waals surface area contributed by atoms with E-state index in [0.717, 1.165) is 24.5 Å². The summed E-state index contributed by atoms with van der Waals surface area (Å²) in [5, 5.41) is 0. The van der Waals surface area contributed by atoms with E-state index in [1.807, 2.05) is 19.1 Å². The molecule has 0 atom stereocenters. The molecule has 82 valence electrons. The largest absolute Gasteiger partial charge is 0.402 e. The van der Waals surface area contributed by atoms with Gasteiger partial charge in [0, 0.05) is 37.3 Å². The minimum Gasteiger partial charge on any atom is -0.402 e. The summed E-state index contributed by atoms with van der Waals surface area (Å²) >= 11 is 0. The van der Waals surface area contributed by atoms with Crippen molar-refractivity contribution in [3.05, 3.63) is 36.2 Å². The van der Waals surface area contributed by atoms with Crippen LogP contribution in [0, 0.1) is 0 Å². The Labute approximate surface area is 90.9 Å². The molecular weight excluding hydrogens is 188 g/mol. The number of carbonyl (C=O) groups is 1. The van der Waals surface area contributed by atoms with Gasteiger partial charge in [-0.2, -0.15) is 0 Å². The Morgan fingerprint density at radius 3 is 2.47 bits per heavy atom. The van der Waals surface area contributed by atoms with Crippen LogP contribution in [0.1, 0.15) is 19.8 Å². The van der Waals surface area contributed by atoms with Gasteiger partial charge in [-0.15, -0.1) is 0 Å². The molecule has 0 aliphatic carbocycles. The maximum absolute atomic E-state index is 11.1. The Morgan fingerprint density at radius 2 is 2.00 bits per heavy atom. The second-order valence-electron chi connectivity index (χ2n) is 3.73. The van der Waals surface area contributed by atoms with Crippen LogP contribution >= 0.6 is 0 Å². The van der Waals surface area contributed by atoms with Gasteiger partial charge in [0.25, 0.3) is 0 Å². The minimum absolute atomic E-state index is 0.347. The van der Waals surface area contributed by atoms with Crippen molar-refractivity contribution in [3.8, 4) is 0 Å². The summed E-state index contributed by atoms with van der Waals surface area (Å²) in [7, 11) is 0. The number of hydrogen-bond donors (Lipinski definition) is 1. The summed E-state index contributed by atoms with van der Waals surface area (Å²) < 4.78 is 0. The van der Waals surface area contributed by atoms with Crippen LogP contribution in [0.4, 0.5) is 0 Å². The number of piperidine rings is 1. The molecule has 0 unspecified atom stereocenters. The quantitative estimate of drug-likeness (QED) is 0.713. The molecule has 0 aromatic carbocycles. The molecule has 1 heterocycles. The molecule has 1 aliphatic rings. The predicted octanol–water partition coefficient (Wildman–Crippen LogP) is 1.58. The van der Waals surface area contributed by atoms with Gasteiger partial charge in [0.2, 0.25) is 0 Å². The first-order valence-electron chi connectivity index (χ1n) is 5.16. The van der Waals surface area contributed by atoms with E-state index in [-0.39, 0.29) is 0 Å². The number of rotatable bonds is 3. The summed E-state index contributed by atoms with van der Waals surface area (Å²) in [6.07, 6.45) is 6.87. The fourth-order valence-corrected chi connectivity index (χ4v) is 1.53. The fourth-order valence-electron chi connectivity index (χ4n) is 1.53. The standard InChI is InChI=1S/C12H18N2O/c1-3-11(5-4-10(2)13)14-8-6-12(15)7-9-14/h3-5H,1,6-9,13H2,2H3/b10-4+,11-5+. The van der Waals surface area contributed by atoms with Crippen LogP contribution in [-0.2, 0) is 4.79 Å². The van der Waals surface area contributed by atoms with Gasteiger partial charge in [-0.3, -0.25) is 4.79 Å². The summed E-state index contributed by atoms with van der Waals surface area (Å²) in [5.41, 5.74) is 7.36. The number of carbonyl (C=O) groups excluding carboxylic acids is 1. The first-order valence-corrected chi connectivity index (χ1v) is 5.16. The Balaban J connectivity index is 2.67. The van der Waals surface area contributed by atoms with Crippen LogP contribution in [-0.4, -0.2) is 23.8 Å². The number of likely N-dealkylation sites (tertiary alicyclic amines) is 1. The van der Waals surface area contributed by atoms with E-state index in [1.165, 1.54) is 0 Å². The molecule has 15 heavy (non-hydrogen) atoms. The molecule has 0 spiro atoms. The highest BCUT2D eigenvalue weighted by atomic mass is 16.1. The highest BCUT2D eigenvalue weighted by Crippen LogP contribution is 2.13. The molecule has 0 radical (unpaired) electrons. The zero-order valence-corrected chi connectivity index (χ0v) is 9.20. The van der Waals surface area contributed by atoms with Gasteiger partial charge in [0.1, 0.15) is 5.78 Å². The third-order valence-electron chi connectivity index (χ3n) is 2.41. The highest BCUT2D eigenvalue weighted by Gasteiger charge is 2.16. The molecule has 0 aromatic heterocycles. The average Bonchev–Trinajstić information content (AvgIpc) is 2.21.